The van der Waals surface area contributed by atoms with Crippen molar-refractivity contribution in [3.63, 3.8) is 0 Å². The van der Waals surface area contributed by atoms with Crippen LogP contribution in [0, 0.1) is 20.8 Å². The summed E-state index contributed by atoms with van der Waals surface area (Å²) < 4.78 is 38.0. The van der Waals surface area contributed by atoms with Crippen molar-refractivity contribution < 1.29 is 22.4 Å². The Bertz CT molecular complexity index is 742. The molecule has 1 unspecified atom stereocenters. The van der Waals surface area contributed by atoms with E-state index < -0.39 is 16.1 Å². The van der Waals surface area contributed by atoms with Crippen LogP contribution in [0.3, 0.4) is 0 Å². The zero-order valence-electron chi connectivity index (χ0n) is 12.4. The molecular formula is C14H19NO5S. The first-order chi connectivity index (χ1) is 9.74. The molecular weight excluding hydrogens is 294 g/mol. The number of rotatable bonds is 5. The second kappa shape index (κ2) is 5.67. The van der Waals surface area contributed by atoms with Crippen LogP contribution in [0.1, 0.15) is 41.6 Å². The number of sulfonamides is 1. The molecule has 0 aliphatic carbocycles. The fourth-order valence-electron chi connectivity index (χ4n) is 2.31. The van der Waals surface area contributed by atoms with Gasteiger partial charge in [0.15, 0.2) is 0 Å². The highest BCUT2D eigenvalue weighted by Crippen LogP contribution is 2.25. The van der Waals surface area contributed by atoms with Crippen molar-refractivity contribution in [2.45, 2.75) is 45.2 Å². The van der Waals surface area contributed by atoms with Crippen LogP contribution in [-0.4, -0.2) is 13.5 Å². The van der Waals surface area contributed by atoms with Crippen molar-refractivity contribution in [1.29, 1.82) is 0 Å². The SMILES string of the molecule is Cc1cc(C(C)NS(=O)(=O)c2cc(CO)oc2C)c(C)o1. The topological polar surface area (TPSA) is 92.7 Å². The monoisotopic (exact) mass is 313 g/mol. The van der Waals surface area contributed by atoms with Gasteiger partial charge in [-0.3, -0.25) is 0 Å². The summed E-state index contributed by atoms with van der Waals surface area (Å²) in [5.41, 5.74) is 0.791. The number of aryl methyl sites for hydroxylation is 3. The minimum absolute atomic E-state index is 0.0382. The van der Waals surface area contributed by atoms with E-state index in [9.17, 15) is 8.42 Å². The lowest BCUT2D eigenvalue weighted by Crippen LogP contribution is -2.27. The minimum atomic E-state index is -3.73. The van der Waals surface area contributed by atoms with Gasteiger partial charge in [-0.05, 0) is 33.8 Å². The van der Waals surface area contributed by atoms with E-state index in [2.05, 4.69) is 4.72 Å². The predicted octanol–water partition coefficient (Wildman–Crippen LogP) is 2.33. The molecule has 2 rings (SSSR count). The van der Waals surface area contributed by atoms with Crippen LogP contribution in [0.25, 0.3) is 0 Å². The minimum Gasteiger partial charge on any atom is -0.466 e. The lowest BCUT2D eigenvalue weighted by atomic mass is 10.1. The van der Waals surface area contributed by atoms with Crippen molar-refractivity contribution in [1.82, 2.24) is 4.72 Å². The molecule has 1 atom stereocenters. The lowest BCUT2D eigenvalue weighted by Gasteiger charge is -2.13. The molecule has 2 N–H and O–H groups in total. The van der Waals surface area contributed by atoms with Crippen molar-refractivity contribution in [3.05, 3.63) is 40.7 Å². The maximum absolute atomic E-state index is 12.4. The molecule has 0 aromatic carbocycles. The maximum atomic E-state index is 12.4. The molecule has 116 valence electrons. The number of aliphatic hydroxyl groups is 1. The third-order valence-electron chi connectivity index (χ3n) is 3.25. The van der Waals surface area contributed by atoms with Crippen LogP contribution >= 0.6 is 0 Å². The van der Waals surface area contributed by atoms with Gasteiger partial charge in [0, 0.05) is 17.7 Å². The Morgan fingerprint density at radius 2 is 1.86 bits per heavy atom. The van der Waals surface area contributed by atoms with Crippen LogP contribution in [0.4, 0.5) is 0 Å². The molecule has 0 amide bonds. The molecule has 0 spiro atoms. The van der Waals surface area contributed by atoms with Crippen LogP contribution in [0.2, 0.25) is 0 Å². The molecule has 2 aromatic rings. The molecule has 0 aliphatic rings. The summed E-state index contributed by atoms with van der Waals surface area (Å²) >= 11 is 0. The van der Waals surface area contributed by atoms with Crippen LogP contribution in [-0.2, 0) is 16.6 Å². The molecule has 21 heavy (non-hydrogen) atoms. The molecule has 0 aliphatic heterocycles. The average Bonchev–Trinajstić information content (AvgIpc) is 2.91. The average molecular weight is 313 g/mol. The van der Waals surface area contributed by atoms with Crippen molar-refractivity contribution in [2.75, 3.05) is 0 Å². The standard InChI is InChI=1S/C14H19NO5S/c1-8-5-13(10(3)19-8)9(2)15-21(17,18)14-6-12(7-16)20-11(14)4/h5-6,9,15-16H,7H2,1-4H3. The highest BCUT2D eigenvalue weighted by Gasteiger charge is 2.25. The molecule has 2 heterocycles. The van der Waals surface area contributed by atoms with Crippen molar-refractivity contribution in [3.8, 4) is 0 Å². The largest absolute Gasteiger partial charge is 0.466 e. The van der Waals surface area contributed by atoms with E-state index >= 15 is 0 Å². The zero-order valence-corrected chi connectivity index (χ0v) is 13.2. The van der Waals surface area contributed by atoms with Crippen LogP contribution < -0.4 is 4.72 Å². The summed E-state index contributed by atoms with van der Waals surface area (Å²) in [6.07, 6.45) is 0. The van der Waals surface area contributed by atoms with Gasteiger partial charge in [-0.15, -0.1) is 0 Å². The summed E-state index contributed by atoms with van der Waals surface area (Å²) in [5.74, 6) is 1.88. The number of hydrogen-bond donors (Lipinski definition) is 2. The Kier molecular flexibility index (Phi) is 4.27. The predicted molar refractivity (Wildman–Crippen MR) is 76.3 cm³/mol. The van der Waals surface area contributed by atoms with E-state index in [0.29, 0.717) is 5.76 Å². The molecule has 0 bridgehead atoms. The Morgan fingerprint density at radius 3 is 2.33 bits per heavy atom. The van der Waals surface area contributed by atoms with E-state index in [0.717, 1.165) is 11.3 Å². The van der Waals surface area contributed by atoms with Gasteiger partial charge in [0.2, 0.25) is 10.0 Å². The van der Waals surface area contributed by atoms with E-state index in [1.807, 2.05) is 13.0 Å². The van der Waals surface area contributed by atoms with E-state index in [-0.39, 0.29) is 23.0 Å². The van der Waals surface area contributed by atoms with Crippen LogP contribution in [0.5, 0.6) is 0 Å². The van der Waals surface area contributed by atoms with Gasteiger partial charge in [0.1, 0.15) is 34.5 Å². The second-order valence-electron chi connectivity index (χ2n) is 5.00. The van der Waals surface area contributed by atoms with Gasteiger partial charge >= 0.3 is 0 Å². The van der Waals surface area contributed by atoms with Crippen molar-refractivity contribution >= 4 is 10.0 Å². The Balaban J connectivity index is 2.28. The van der Waals surface area contributed by atoms with Gasteiger partial charge in [-0.25, -0.2) is 13.1 Å². The third-order valence-corrected chi connectivity index (χ3v) is 4.89. The van der Waals surface area contributed by atoms with Crippen LogP contribution in [0.15, 0.2) is 25.9 Å². The first kappa shape index (κ1) is 15.8. The molecule has 6 nitrogen and oxygen atoms in total. The third kappa shape index (κ3) is 3.20. The molecule has 0 saturated carbocycles. The quantitative estimate of drug-likeness (QED) is 0.883. The maximum Gasteiger partial charge on any atom is 0.244 e. The molecule has 0 radical (unpaired) electrons. The number of hydrogen-bond acceptors (Lipinski definition) is 5. The number of nitrogens with one attached hydrogen (secondary N) is 1. The summed E-state index contributed by atoms with van der Waals surface area (Å²) in [4.78, 5) is 0.0382. The van der Waals surface area contributed by atoms with Gasteiger partial charge < -0.3 is 13.9 Å². The highest BCUT2D eigenvalue weighted by molar-refractivity contribution is 7.89. The van der Waals surface area contributed by atoms with Gasteiger partial charge in [0.05, 0.1) is 0 Å². The zero-order chi connectivity index (χ0) is 15.8. The first-order valence-electron chi connectivity index (χ1n) is 6.54. The van der Waals surface area contributed by atoms with E-state index in [1.165, 1.54) is 6.07 Å². The Hall–Kier alpha value is -1.57. The summed E-state index contributed by atoms with van der Waals surface area (Å²) in [5, 5.41) is 9.02. The molecule has 7 heteroatoms. The fourth-order valence-corrected chi connectivity index (χ4v) is 3.74. The lowest BCUT2D eigenvalue weighted by molar-refractivity contribution is 0.244. The first-order valence-corrected chi connectivity index (χ1v) is 8.02. The van der Waals surface area contributed by atoms with E-state index in [1.54, 1.807) is 20.8 Å². The molecule has 0 fully saturated rings. The second-order valence-corrected chi connectivity index (χ2v) is 6.69. The number of furan rings is 2. The molecule has 2 aromatic heterocycles. The van der Waals surface area contributed by atoms with Gasteiger partial charge in [0.25, 0.3) is 0 Å². The smallest absolute Gasteiger partial charge is 0.244 e. The Morgan fingerprint density at radius 1 is 1.19 bits per heavy atom. The van der Waals surface area contributed by atoms with E-state index in [4.69, 9.17) is 13.9 Å². The van der Waals surface area contributed by atoms with Gasteiger partial charge in [-0.2, -0.15) is 0 Å². The molecule has 0 saturated heterocycles. The fraction of sp³-hybridized carbons (Fsp3) is 0.429. The summed E-state index contributed by atoms with van der Waals surface area (Å²) in [6, 6.07) is 2.71. The normalized spacial score (nSPS) is 13.6. The summed E-state index contributed by atoms with van der Waals surface area (Å²) in [7, 11) is -3.73. The van der Waals surface area contributed by atoms with Crippen molar-refractivity contribution in [2.24, 2.45) is 0 Å². The highest BCUT2D eigenvalue weighted by atomic mass is 32.2. The summed E-state index contributed by atoms with van der Waals surface area (Å²) in [6.45, 7) is 6.56. The Labute approximate surface area is 123 Å². The number of aliphatic hydroxyl groups excluding tert-OH is 1. The van der Waals surface area contributed by atoms with Gasteiger partial charge in [-0.1, -0.05) is 0 Å².